The van der Waals surface area contributed by atoms with Crippen molar-refractivity contribution >= 4 is 21.6 Å². The van der Waals surface area contributed by atoms with Gasteiger partial charge in [-0.05, 0) is 36.4 Å². The molecule has 2 aromatic rings. The number of primary sulfonamides is 1. The van der Waals surface area contributed by atoms with E-state index in [0.29, 0.717) is 18.9 Å². The molecular weight excluding hydrogens is 346 g/mol. The molecule has 1 aromatic heterocycles. The van der Waals surface area contributed by atoms with Crippen LogP contribution in [-0.4, -0.2) is 38.6 Å². The maximum absolute atomic E-state index is 12.5. The smallest absolute Gasteiger partial charge is 0.261 e. The third kappa shape index (κ3) is 4.32. The Morgan fingerprint density at radius 1 is 1.28 bits per heavy atom. The van der Waals surface area contributed by atoms with E-state index in [-0.39, 0.29) is 22.4 Å². The van der Waals surface area contributed by atoms with Gasteiger partial charge >= 0.3 is 0 Å². The molecule has 1 aromatic carbocycles. The summed E-state index contributed by atoms with van der Waals surface area (Å²) in [6.07, 6.45) is 2.16. The summed E-state index contributed by atoms with van der Waals surface area (Å²) in [5.41, 5.74) is 0.710. The Balaban J connectivity index is 1.75. The molecule has 1 saturated heterocycles. The van der Waals surface area contributed by atoms with Gasteiger partial charge in [-0.1, -0.05) is 0 Å². The van der Waals surface area contributed by atoms with Crippen LogP contribution in [0.4, 0.5) is 5.69 Å². The predicted octanol–water partition coefficient (Wildman–Crippen LogP) is 1.15. The van der Waals surface area contributed by atoms with E-state index < -0.39 is 15.9 Å². The van der Waals surface area contributed by atoms with Gasteiger partial charge in [0.1, 0.15) is 11.7 Å². The van der Waals surface area contributed by atoms with Crippen LogP contribution in [0, 0.1) is 0 Å². The Bertz CT molecular complexity index is 862. The molecule has 0 radical (unpaired) electrons. The van der Waals surface area contributed by atoms with Crippen molar-refractivity contribution in [1.29, 1.82) is 0 Å². The van der Waals surface area contributed by atoms with Crippen molar-refractivity contribution in [2.45, 2.75) is 17.4 Å². The lowest BCUT2D eigenvalue weighted by atomic mass is 10.2. The molecule has 1 aliphatic rings. The summed E-state index contributed by atoms with van der Waals surface area (Å²) in [6, 6.07) is 8.80. The average molecular weight is 363 g/mol. The summed E-state index contributed by atoms with van der Waals surface area (Å²) in [5, 5.41) is 7.72. The highest BCUT2D eigenvalue weighted by molar-refractivity contribution is 7.89. The van der Waals surface area contributed by atoms with Gasteiger partial charge in [-0.3, -0.25) is 4.79 Å². The maximum Gasteiger partial charge on any atom is 0.261 e. The molecule has 0 bridgehead atoms. The Hall–Kier alpha value is -2.49. The number of pyridine rings is 1. The second-order valence-electron chi connectivity index (χ2n) is 5.48. The quantitative estimate of drug-likeness (QED) is 0.822. The molecule has 25 heavy (non-hydrogen) atoms. The number of sulfonamides is 1. The largest absolute Gasteiger partial charge is 0.471 e. The predicted molar refractivity (Wildman–Crippen MR) is 89.9 cm³/mol. The number of carbonyl (C=O) groups is 1. The molecule has 1 amide bonds. The molecule has 0 saturated carbocycles. The first-order chi connectivity index (χ1) is 11.9. The molecule has 0 spiro atoms. The lowest BCUT2D eigenvalue weighted by Crippen LogP contribution is -2.20. The minimum atomic E-state index is -3.77. The number of ether oxygens (including phenoxy) is 2. The normalized spacial score (nSPS) is 17.2. The lowest BCUT2D eigenvalue weighted by molar-refractivity contribution is 0.101. The molecule has 0 aliphatic carbocycles. The van der Waals surface area contributed by atoms with Crippen molar-refractivity contribution in [1.82, 2.24) is 4.98 Å². The highest BCUT2D eigenvalue weighted by Crippen LogP contribution is 2.21. The molecule has 3 rings (SSSR count). The molecule has 3 N–H and O–H groups in total. The van der Waals surface area contributed by atoms with Crippen LogP contribution in [0.5, 0.6) is 5.88 Å². The van der Waals surface area contributed by atoms with Gasteiger partial charge in [-0.25, -0.2) is 18.5 Å². The number of aromatic nitrogens is 1. The van der Waals surface area contributed by atoms with E-state index >= 15 is 0 Å². The van der Waals surface area contributed by atoms with Gasteiger partial charge < -0.3 is 14.8 Å². The average Bonchev–Trinajstić information content (AvgIpc) is 3.08. The summed E-state index contributed by atoms with van der Waals surface area (Å²) in [6.45, 7) is 1.09. The third-order valence-corrected chi connectivity index (χ3v) is 4.55. The molecule has 1 atom stereocenters. The van der Waals surface area contributed by atoms with Gasteiger partial charge in [0, 0.05) is 18.3 Å². The van der Waals surface area contributed by atoms with Crippen LogP contribution in [0.1, 0.15) is 16.8 Å². The van der Waals surface area contributed by atoms with Crippen LogP contribution in [0.15, 0.2) is 47.5 Å². The molecule has 9 heteroatoms. The number of carbonyl (C=O) groups excluding carboxylic acids is 1. The molecule has 1 fully saturated rings. The monoisotopic (exact) mass is 363 g/mol. The fraction of sp³-hybridized carbons (Fsp3) is 0.250. The van der Waals surface area contributed by atoms with Gasteiger partial charge in [-0.2, -0.15) is 0 Å². The Kier molecular flexibility index (Phi) is 4.98. The molecular formula is C16H17N3O5S. The number of benzene rings is 1. The van der Waals surface area contributed by atoms with Crippen molar-refractivity contribution < 1.29 is 22.7 Å². The fourth-order valence-corrected chi connectivity index (χ4v) is 2.86. The number of hydrogen-bond donors (Lipinski definition) is 2. The number of nitrogens with one attached hydrogen (secondary N) is 1. The van der Waals surface area contributed by atoms with E-state index in [9.17, 15) is 13.2 Å². The van der Waals surface area contributed by atoms with Crippen molar-refractivity contribution in [2.24, 2.45) is 5.14 Å². The Morgan fingerprint density at radius 3 is 2.68 bits per heavy atom. The van der Waals surface area contributed by atoms with Crippen LogP contribution < -0.4 is 15.2 Å². The van der Waals surface area contributed by atoms with Crippen molar-refractivity contribution in [3.8, 4) is 5.88 Å². The Labute approximate surface area is 145 Å². The second-order valence-corrected chi connectivity index (χ2v) is 7.04. The molecule has 8 nitrogen and oxygen atoms in total. The van der Waals surface area contributed by atoms with Gasteiger partial charge in [-0.15, -0.1) is 0 Å². The molecule has 2 heterocycles. The van der Waals surface area contributed by atoms with Gasteiger partial charge in [0.2, 0.25) is 15.9 Å². The molecule has 0 unspecified atom stereocenters. The van der Waals surface area contributed by atoms with Gasteiger partial charge in [0.05, 0.1) is 18.1 Å². The first kappa shape index (κ1) is 17.3. The fourth-order valence-electron chi connectivity index (χ4n) is 2.35. The number of nitrogens with two attached hydrogens (primary N) is 1. The van der Waals surface area contributed by atoms with Gasteiger partial charge in [0.15, 0.2) is 0 Å². The zero-order chi connectivity index (χ0) is 17.9. The number of rotatable bonds is 5. The first-order valence-corrected chi connectivity index (χ1v) is 9.12. The second kappa shape index (κ2) is 7.18. The van der Waals surface area contributed by atoms with E-state index in [0.717, 1.165) is 6.42 Å². The summed E-state index contributed by atoms with van der Waals surface area (Å²) in [5.74, 6) is -0.179. The lowest BCUT2D eigenvalue weighted by Gasteiger charge is -2.14. The number of anilines is 1. The van der Waals surface area contributed by atoms with Crippen LogP contribution >= 0.6 is 0 Å². The first-order valence-electron chi connectivity index (χ1n) is 7.57. The summed E-state index contributed by atoms with van der Waals surface area (Å²) < 4.78 is 33.5. The SMILES string of the molecule is NS(=O)(=O)c1ccc(NC(=O)c2cccnc2O[C@H]2CCOC2)cc1. The maximum atomic E-state index is 12.5. The molecule has 132 valence electrons. The van der Waals surface area contributed by atoms with E-state index in [1.54, 1.807) is 18.3 Å². The van der Waals surface area contributed by atoms with Crippen molar-refractivity contribution in [2.75, 3.05) is 18.5 Å². The van der Waals surface area contributed by atoms with Crippen molar-refractivity contribution in [3.05, 3.63) is 48.2 Å². The Morgan fingerprint density at radius 2 is 2.04 bits per heavy atom. The zero-order valence-corrected chi connectivity index (χ0v) is 14.0. The summed E-state index contributed by atoms with van der Waals surface area (Å²) in [7, 11) is -3.77. The zero-order valence-electron chi connectivity index (χ0n) is 13.2. The number of hydrogen-bond acceptors (Lipinski definition) is 6. The minimum Gasteiger partial charge on any atom is -0.471 e. The van der Waals surface area contributed by atoms with E-state index in [4.69, 9.17) is 14.6 Å². The van der Waals surface area contributed by atoms with Crippen LogP contribution in [-0.2, 0) is 14.8 Å². The molecule has 1 aliphatic heterocycles. The minimum absolute atomic E-state index is 0.0304. The van der Waals surface area contributed by atoms with Crippen molar-refractivity contribution in [3.63, 3.8) is 0 Å². The summed E-state index contributed by atoms with van der Waals surface area (Å²) in [4.78, 5) is 16.6. The summed E-state index contributed by atoms with van der Waals surface area (Å²) >= 11 is 0. The van der Waals surface area contributed by atoms with E-state index in [1.165, 1.54) is 24.3 Å². The van der Waals surface area contributed by atoms with Gasteiger partial charge in [0.25, 0.3) is 5.91 Å². The van der Waals surface area contributed by atoms with E-state index in [1.807, 2.05) is 0 Å². The number of nitrogens with zero attached hydrogens (tertiary/aromatic N) is 1. The van der Waals surface area contributed by atoms with Crippen LogP contribution in [0.25, 0.3) is 0 Å². The highest BCUT2D eigenvalue weighted by atomic mass is 32.2. The standard InChI is InChI=1S/C16H17N3O5S/c17-25(21,22)13-5-3-11(4-6-13)19-15(20)14-2-1-8-18-16(14)24-12-7-9-23-10-12/h1-6,8,12H,7,9-10H2,(H,19,20)(H2,17,21,22)/t12-/m0/s1. The van der Waals surface area contributed by atoms with E-state index in [2.05, 4.69) is 10.3 Å². The van der Waals surface area contributed by atoms with Crippen LogP contribution in [0.2, 0.25) is 0 Å². The third-order valence-electron chi connectivity index (χ3n) is 3.62. The highest BCUT2D eigenvalue weighted by Gasteiger charge is 2.21. The number of amides is 1. The van der Waals surface area contributed by atoms with Crippen LogP contribution in [0.3, 0.4) is 0 Å². The topological polar surface area (TPSA) is 121 Å².